The third kappa shape index (κ3) is 3.28. The lowest BCUT2D eigenvalue weighted by Gasteiger charge is -2.28. The van der Waals surface area contributed by atoms with Gasteiger partial charge in [-0.15, -0.1) is 0 Å². The molecule has 0 aliphatic carbocycles. The molecule has 114 valence electrons. The SMILES string of the molecule is C[C@H](NC(=O)c1ccccc1NC1COC1)c1ccccc1. The summed E-state index contributed by atoms with van der Waals surface area (Å²) in [5, 5.41) is 6.41. The Morgan fingerprint density at radius 2 is 1.77 bits per heavy atom. The van der Waals surface area contributed by atoms with E-state index < -0.39 is 0 Å². The summed E-state index contributed by atoms with van der Waals surface area (Å²) in [6.07, 6.45) is 0. The molecule has 1 aliphatic rings. The highest BCUT2D eigenvalue weighted by atomic mass is 16.5. The Balaban J connectivity index is 1.71. The molecule has 0 unspecified atom stereocenters. The van der Waals surface area contributed by atoms with E-state index >= 15 is 0 Å². The van der Waals surface area contributed by atoms with Crippen molar-refractivity contribution in [2.45, 2.75) is 19.0 Å². The number of para-hydroxylation sites is 1. The molecule has 1 heterocycles. The van der Waals surface area contributed by atoms with Gasteiger partial charge in [-0.05, 0) is 24.6 Å². The van der Waals surface area contributed by atoms with Gasteiger partial charge in [-0.25, -0.2) is 0 Å². The minimum Gasteiger partial charge on any atom is -0.377 e. The van der Waals surface area contributed by atoms with Crippen LogP contribution in [-0.2, 0) is 4.74 Å². The summed E-state index contributed by atoms with van der Waals surface area (Å²) < 4.78 is 5.17. The van der Waals surface area contributed by atoms with Gasteiger partial charge in [-0.3, -0.25) is 4.79 Å². The number of benzene rings is 2. The summed E-state index contributed by atoms with van der Waals surface area (Å²) in [4.78, 5) is 12.6. The molecule has 0 spiro atoms. The van der Waals surface area contributed by atoms with E-state index in [-0.39, 0.29) is 11.9 Å². The van der Waals surface area contributed by atoms with Crippen LogP contribution >= 0.6 is 0 Å². The predicted octanol–water partition coefficient (Wildman–Crippen LogP) is 2.99. The van der Waals surface area contributed by atoms with E-state index in [9.17, 15) is 4.79 Å². The second-order valence-electron chi connectivity index (χ2n) is 5.53. The zero-order chi connectivity index (χ0) is 15.4. The summed E-state index contributed by atoms with van der Waals surface area (Å²) in [6.45, 7) is 3.37. The zero-order valence-corrected chi connectivity index (χ0v) is 12.6. The van der Waals surface area contributed by atoms with Crippen LogP contribution in [0, 0.1) is 0 Å². The van der Waals surface area contributed by atoms with Gasteiger partial charge in [0.1, 0.15) is 0 Å². The van der Waals surface area contributed by atoms with E-state index in [1.54, 1.807) is 0 Å². The summed E-state index contributed by atoms with van der Waals surface area (Å²) in [6, 6.07) is 17.8. The van der Waals surface area contributed by atoms with Gasteiger partial charge < -0.3 is 15.4 Å². The average molecular weight is 296 g/mol. The maximum Gasteiger partial charge on any atom is 0.253 e. The number of carbonyl (C=O) groups excluding carboxylic acids is 1. The highest BCUT2D eigenvalue weighted by Crippen LogP contribution is 2.20. The molecule has 0 radical (unpaired) electrons. The first kappa shape index (κ1) is 14.6. The molecule has 4 heteroatoms. The van der Waals surface area contributed by atoms with Crippen molar-refractivity contribution < 1.29 is 9.53 Å². The second-order valence-corrected chi connectivity index (χ2v) is 5.53. The summed E-state index contributed by atoms with van der Waals surface area (Å²) in [5.74, 6) is -0.0697. The molecule has 1 saturated heterocycles. The number of rotatable bonds is 5. The van der Waals surface area contributed by atoms with Crippen LogP contribution in [0.4, 0.5) is 5.69 Å². The van der Waals surface area contributed by atoms with Gasteiger partial charge in [0.15, 0.2) is 0 Å². The topological polar surface area (TPSA) is 50.4 Å². The Kier molecular flexibility index (Phi) is 4.39. The summed E-state index contributed by atoms with van der Waals surface area (Å²) in [5.41, 5.74) is 2.61. The maximum atomic E-state index is 12.6. The van der Waals surface area contributed by atoms with Crippen LogP contribution in [0.25, 0.3) is 0 Å². The Morgan fingerprint density at radius 3 is 2.45 bits per heavy atom. The van der Waals surface area contributed by atoms with E-state index in [2.05, 4.69) is 10.6 Å². The van der Waals surface area contributed by atoms with Crippen molar-refractivity contribution in [2.75, 3.05) is 18.5 Å². The maximum absolute atomic E-state index is 12.6. The fourth-order valence-corrected chi connectivity index (χ4v) is 2.45. The minimum atomic E-state index is -0.0697. The molecule has 1 fully saturated rings. The van der Waals surface area contributed by atoms with E-state index in [0.717, 1.165) is 11.3 Å². The molecular weight excluding hydrogens is 276 g/mol. The van der Waals surface area contributed by atoms with Crippen LogP contribution in [-0.4, -0.2) is 25.2 Å². The van der Waals surface area contributed by atoms with E-state index in [1.807, 2.05) is 61.5 Å². The molecule has 3 rings (SSSR count). The monoisotopic (exact) mass is 296 g/mol. The smallest absolute Gasteiger partial charge is 0.253 e. The van der Waals surface area contributed by atoms with Crippen LogP contribution in [0.15, 0.2) is 54.6 Å². The normalized spacial score (nSPS) is 15.7. The minimum absolute atomic E-state index is 0.0335. The van der Waals surface area contributed by atoms with Crippen molar-refractivity contribution >= 4 is 11.6 Å². The van der Waals surface area contributed by atoms with Crippen LogP contribution in [0.5, 0.6) is 0 Å². The van der Waals surface area contributed by atoms with E-state index in [4.69, 9.17) is 4.74 Å². The fraction of sp³-hybridized carbons (Fsp3) is 0.278. The highest BCUT2D eigenvalue weighted by molar-refractivity contribution is 5.99. The third-order valence-electron chi connectivity index (χ3n) is 3.82. The number of amides is 1. The average Bonchev–Trinajstić information content (AvgIpc) is 2.52. The predicted molar refractivity (Wildman–Crippen MR) is 87.0 cm³/mol. The number of ether oxygens (including phenoxy) is 1. The molecule has 1 atom stereocenters. The number of hydrogen-bond donors (Lipinski definition) is 2. The van der Waals surface area contributed by atoms with Crippen molar-refractivity contribution in [1.29, 1.82) is 0 Å². The Bertz CT molecular complexity index is 639. The molecule has 2 N–H and O–H groups in total. The molecule has 2 aromatic carbocycles. The van der Waals surface area contributed by atoms with Crippen LogP contribution in [0.2, 0.25) is 0 Å². The van der Waals surface area contributed by atoms with E-state index in [0.29, 0.717) is 24.8 Å². The lowest BCUT2D eigenvalue weighted by atomic mass is 10.1. The lowest BCUT2D eigenvalue weighted by Crippen LogP contribution is -2.41. The van der Waals surface area contributed by atoms with Gasteiger partial charge >= 0.3 is 0 Å². The van der Waals surface area contributed by atoms with Crippen molar-refractivity contribution in [3.63, 3.8) is 0 Å². The first-order chi connectivity index (χ1) is 10.7. The molecule has 0 aromatic heterocycles. The molecule has 2 aromatic rings. The standard InChI is InChI=1S/C18H20N2O2/c1-13(14-7-3-2-4-8-14)19-18(21)16-9-5-6-10-17(16)20-15-11-22-12-15/h2-10,13,15,20H,11-12H2,1H3,(H,19,21)/t13-/m0/s1. The van der Waals surface area contributed by atoms with Crippen LogP contribution in [0.1, 0.15) is 28.9 Å². The molecular formula is C18H20N2O2. The number of nitrogens with one attached hydrogen (secondary N) is 2. The van der Waals surface area contributed by atoms with Gasteiger partial charge in [0.2, 0.25) is 0 Å². The van der Waals surface area contributed by atoms with Gasteiger partial charge in [0, 0.05) is 5.69 Å². The second kappa shape index (κ2) is 6.62. The summed E-state index contributed by atoms with van der Waals surface area (Å²) >= 11 is 0. The third-order valence-corrected chi connectivity index (χ3v) is 3.82. The van der Waals surface area contributed by atoms with Gasteiger partial charge in [-0.2, -0.15) is 0 Å². The van der Waals surface area contributed by atoms with Gasteiger partial charge in [-0.1, -0.05) is 42.5 Å². The Labute approximate surface area is 130 Å². The van der Waals surface area contributed by atoms with Gasteiger partial charge in [0.25, 0.3) is 5.91 Å². The van der Waals surface area contributed by atoms with Crippen molar-refractivity contribution in [2.24, 2.45) is 0 Å². The Morgan fingerprint density at radius 1 is 1.09 bits per heavy atom. The van der Waals surface area contributed by atoms with Crippen molar-refractivity contribution in [3.05, 3.63) is 65.7 Å². The zero-order valence-electron chi connectivity index (χ0n) is 12.6. The molecule has 1 aliphatic heterocycles. The highest BCUT2D eigenvalue weighted by Gasteiger charge is 2.21. The number of anilines is 1. The lowest BCUT2D eigenvalue weighted by molar-refractivity contribution is 0.0210. The molecule has 0 saturated carbocycles. The molecule has 4 nitrogen and oxygen atoms in total. The fourth-order valence-electron chi connectivity index (χ4n) is 2.45. The van der Waals surface area contributed by atoms with Crippen molar-refractivity contribution in [1.82, 2.24) is 5.32 Å². The van der Waals surface area contributed by atoms with Crippen LogP contribution < -0.4 is 10.6 Å². The quantitative estimate of drug-likeness (QED) is 0.892. The molecule has 0 bridgehead atoms. The number of hydrogen-bond acceptors (Lipinski definition) is 3. The summed E-state index contributed by atoms with van der Waals surface area (Å²) in [7, 11) is 0. The van der Waals surface area contributed by atoms with Crippen molar-refractivity contribution in [3.8, 4) is 0 Å². The molecule has 22 heavy (non-hydrogen) atoms. The Hall–Kier alpha value is -2.33. The first-order valence-electron chi connectivity index (χ1n) is 7.53. The van der Waals surface area contributed by atoms with Gasteiger partial charge in [0.05, 0.1) is 30.9 Å². The van der Waals surface area contributed by atoms with Crippen LogP contribution in [0.3, 0.4) is 0 Å². The first-order valence-corrected chi connectivity index (χ1v) is 7.53. The molecule has 1 amide bonds. The van der Waals surface area contributed by atoms with E-state index in [1.165, 1.54) is 0 Å². The largest absolute Gasteiger partial charge is 0.377 e. The number of carbonyl (C=O) groups is 1.